The summed E-state index contributed by atoms with van der Waals surface area (Å²) >= 11 is 0. The topological polar surface area (TPSA) is 102 Å². The quantitative estimate of drug-likeness (QED) is 0.492. The molecule has 0 unspecified atom stereocenters. The van der Waals surface area contributed by atoms with Crippen LogP contribution in [0.15, 0.2) is 48.8 Å². The van der Waals surface area contributed by atoms with Crippen molar-refractivity contribution < 1.29 is 18.9 Å². The van der Waals surface area contributed by atoms with Gasteiger partial charge in [0.05, 0.1) is 17.6 Å². The third kappa shape index (κ3) is 5.10. The monoisotopic (exact) mass is 518 g/mol. The lowest BCUT2D eigenvalue weighted by atomic mass is 9.43. The van der Waals surface area contributed by atoms with Gasteiger partial charge in [0.1, 0.15) is 6.04 Å². The summed E-state index contributed by atoms with van der Waals surface area (Å²) in [5.74, 6) is 0.322. The van der Waals surface area contributed by atoms with E-state index >= 15 is 0 Å². The van der Waals surface area contributed by atoms with E-state index in [1.54, 1.807) is 6.07 Å². The molecule has 3 aliphatic carbocycles. The van der Waals surface area contributed by atoms with Crippen molar-refractivity contribution in [2.75, 3.05) is 0 Å². The highest BCUT2D eigenvalue weighted by Crippen LogP contribution is 2.65. The van der Waals surface area contributed by atoms with Crippen molar-refractivity contribution in [1.82, 2.24) is 20.6 Å². The lowest BCUT2D eigenvalue weighted by Crippen LogP contribution is -2.65. The van der Waals surface area contributed by atoms with Gasteiger partial charge in [-0.1, -0.05) is 58.0 Å². The fourth-order valence-corrected chi connectivity index (χ4v) is 6.80. The van der Waals surface area contributed by atoms with Gasteiger partial charge in [-0.25, -0.2) is 9.97 Å². The maximum atomic E-state index is 13.8. The second-order valence-electron chi connectivity index (χ2n) is 12.4. The van der Waals surface area contributed by atoms with Crippen molar-refractivity contribution in [2.24, 2.45) is 23.2 Å². The molecule has 6 atom stereocenters. The molecule has 4 fully saturated rings. The van der Waals surface area contributed by atoms with Gasteiger partial charge < -0.3 is 19.9 Å². The first-order valence-electron chi connectivity index (χ1n) is 13.8. The molecule has 8 nitrogen and oxygen atoms in total. The number of amides is 2. The van der Waals surface area contributed by atoms with Crippen LogP contribution in [0.3, 0.4) is 0 Å². The average molecular weight is 518 g/mol. The lowest BCUT2D eigenvalue weighted by Gasteiger charge is -2.64. The van der Waals surface area contributed by atoms with Crippen LogP contribution in [0.5, 0.6) is 0 Å². The summed E-state index contributed by atoms with van der Waals surface area (Å²) in [5, 5.41) is 6.05. The molecule has 2 bridgehead atoms. The normalized spacial score (nSPS) is 28.7. The van der Waals surface area contributed by atoms with Crippen LogP contribution < -0.4 is 10.6 Å². The first-order valence-corrected chi connectivity index (χ1v) is 13.8. The van der Waals surface area contributed by atoms with Gasteiger partial charge in [0.2, 0.25) is 11.7 Å². The Morgan fingerprint density at radius 1 is 1.05 bits per heavy atom. The van der Waals surface area contributed by atoms with E-state index in [4.69, 9.17) is 9.31 Å². The minimum atomic E-state index is -0.811. The van der Waals surface area contributed by atoms with E-state index in [1.165, 1.54) is 18.8 Å². The van der Waals surface area contributed by atoms with Gasteiger partial charge in [0, 0.05) is 18.8 Å². The first-order chi connectivity index (χ1) is 18.1. The number of nitrogens with one attached hydrogen (secondary N) is 2. The Balaban J connectivity index is 1.34. The van der Waals surface area contributed by atoms with Gasteiger partial charge in [-0.3, -0.25) is 9.59 Å². The van der Waals surface area contributed by atoms with Crippen LogP contribution in [0.2, 0.25) is 0 Å². The molecule has 1 aliphatic heterocycles. The van der Waals surface area contributed by atoms with Crippen molar-refractivity contribution in [3.05, 3.63) is 60.2 Å². The predicted molar refractivity (Wildman–Crippen MR) is 145 cm³/mol. The zero-order chi connectivity index (χ0) is 27.1. The van der Waals surface area contributed by atoms with Gasteiger partial charge in [-0.15, -0.1) is 0 Å². The second kappa shape index (κ2) is 10.4. The number of benzene rings is 1. The molecule has 2 N–H and O–H groups in total. The van der Waals surface area contributed by atoms with E-state index in [-0.39, 0.29) is 34.8 Å². The predicted octanol–water partition coefficient (Wildman–Crippen LogP) is 3.62. The van der Waals surface area contributed by atoms with Crippen LogP contribution in [0.25, 0.3) is 0 Å². The highest BCUT2D eigenvalue weighted by Gasteiger charge is 2.68. The van der Waals surface area contributed by atoms with Gasteiger partial charge in [0.15, 0.2) is 0 Å². The zero-order valence-corrected chi connectivity index (χ0v) is 23.0. The molecule has 1 aromatic carbocycles. The summed E-state index contributed by atoms with van der Waals surface area (Å²) in [6.07, 6.45) is 6.24. The van der Waals surface area contributed by atoms with E-state index in [0.29, 0.717) is 30.6 Å². The van der Waals surface area contributed by atoms with Crippen LogP contribution in [-0.2, 0) is 20.5 Å². The number of hydrogen-bond donors (Lipinski definition) is 2. The molecule has 4 aliphatic rings. The second-order valence-corrected chi connectivity index (χ2v) is 12.4. The number of hydrogen-bond acceptors (Lipinski definition) is 6. The SMILES string of the molecule is CC(C)C[C@H](NC(=O)[C@H](Cc1ccccc1)NC(=O)c1ncccn1)B1O[C@@H]2C[C@@H]3C[C@@H](C3(C)C)[C@]2(C)O1. The van der Waals surface area contributed by atoms with Crippen molar-refractivity contribution in [2.45, 2.75) is 84.0 Å². The van der Waals surface area contributed by atoms with Crippen molar-refractivity contribution in [3.63, 3.8) is 0 Å². The highest BCUT2D eigenvalue weighted by molar-refractivity contribution is 6.48. The molecule has 2 aromatic rings. The van der Waals surface area contributed by atoms with Crippen molar-refractivity contribution >= 4 is 18.9 Å². The van der Waals surface area contributed by atoms with E-state index in [9.17, 15) is 9.59 Å². The highest BCUT2D eigenvalue weighted by atomic mass is 16.7. The maximum absolute atomic E-state index is 13.8. The molecule has 1 saturated heterocycles. The smallest absolute Gasteiger partial charge is 0.404 e. The summed E-state index contributed by atoms with van der Waals surface area (Å²) in [7, 11) is -0.531. The molecule has 0 spiro atoms. The molecule has 202 valence electrons. The molecule has 38 heavy (non-hydrogen) atoms. The Hall–Kier alpha value is -2.78. The summed E-state index contributed by atoms with van der Waals surface area (Å²) in [4.78, 5) is 34.8. The van der Waals surface area contributed by atoms with E-state index < -0.39 is 19.1 Å². The number of carbonyl (C=O) groups excluding carboxylic acids is 2. The van der Waals surface area contributed by atoms with Gasteiger partial charge in [-0.2, -0.15) is 0 Å². The number of nitrogens with zero attached hydrogens (tertiary/aromatic N) is 2. The molecular weight excluding hydrogens is 479 g/mol. The summed E-state index contributed by atoms with van der Waals surface area (Å²) in [6, 6.07) is 10.5. The van der Waals surface area contributed by atoms with E-state index in [1.807, 2.05) is 30.3 Å². The van der Waals surface area contributed by atoms with E-state index in [0.717, 1.165) is 12.0 Å². The van der Waals surface area contributed by atoms with Crippen LogP contribution in [0, 0.1) is 23.2 Å². The Morgan fingerprint density at radius 2 is 1.76 bits per heavy atom. The molecule has 6 rings (SSSR count). The van der Waals surface area contributed by atoms with E-state index in [2.05, 4.69) is 55.2 Å². The Labute approximate surface area is 225 Å². The third-order valence-corrected chi connectivity index (χ3v) is 9.02. The zero-order valence-electron chi connectivity index (χ0n) is 23.0. The molecule has 1 aromatic heterocycles. The Bertz CT molecular complexity index is 1150. The fourth-order valence-electron chi connectivity index (χ4n) is 6.80. The molecule has 3 saturated carbocycles. The summed E-state index contributed by atoms with van der Waals surface area (Å²) in [6.45, 7) is 11.1. The standard InChI is InChI=1S/C29H39BN4O4/c1-18(2)14-24(30-37-23-17-20-16-22(28(20,3)4)29(23,5)38-30)34-26(35)21(15-19-10-7-6-8-11-19)33-27(36)25-31-12-9-13-32-25/h6-13,18,20-24H,14-17H2,1-5H3,(H,33,36)(H,34,35)/t20-,21-,22-,23+,24-,29-/m0/s1. The maximum Gasteiger partial charge on any atom is 0.481 e. The number of rotatable bonds is 9. The molecule has 9 heteroatoms. The Kier molecular flexibility index (Phi) is 7.35. The Morgan fingerprint density at radius 3 is 2.42 bits per heavy atom. The fraction of sp³-hybridized carbons (Fsp3) is 0.586. The average Bonchev–Trinajstić information content (AvgIpc) is 3.26. The van der Waals surface area contributed by atoms with Crippen LogP contribution in [0.1, 0.15) is 70.1 Å². The van der Waals surface area contributed by atoms with Gasteiger partial charge in [0.25, 0.3) is 5.91 Å². The number of carbonyl (C=O) groups is 2. The van der Waals surface area contributed by atoms with Crippen LogP contribution in [0.4, 0.5) is 0 Å². The minimum absolute atomic E-state index is 0.0261. The molecule has 2 heterocycles. The summed E-state index contributed by atoms with van der Waals surface area (Å²) < 4.78 is 13.2. The van der Waals surface area contributed by atoms with Crippen LogP contribution in [-0.4, -0.2) is 52.6 Å². The molecule has 0 radical (unpaired) electrons. The minimum Gasteiger partial charge on any atom is -0.404 e. The molecular formula is C29H39BN4O4. The van der Waals surface area contributed by atoms with Gasteiger partial charge >= 0.3 is 7.12 Å². The number of aromatic nitrogens is 2. The lowest BCUT2D eigenvalue weighted by molar-refractivity contribution is -0.199. The van der Waals surface area contributed by atoms with Crippen molar-refractivity contribution in [3.8, 4) is 0 Å². The van der Waals surface area contributed by atoms with Crippen molar-refractivity contribution in [1.29, 1.82) is 0 Å². The largest absolute Gasteiger partial charge is 0.481 e. The molecule has 2 amide bonds. The third-order valence-electron chi connectivity index (χ3n) is 9.02. The van der Waals surface area contributed by atoms with Crippen LogP contribution >= 0.6 is 0 Å². The summed E-state index contributed by atoms with van der Waals surface area (Å²) in [5.41, 5.74) is 0.826. The van der Waals surface area contributed by atoms with Gasteiger partial charge in [-0.05, 0) is 61.0 Å². The first kappa shape index (κ1) is 26.8.